The van der Waals surface area contributed by atoms with Gasteiger partial charge in [0.1, 0.15) is 0 Å². The van der Waals surface area contributed by atoms with Crippen LogP contribution in [-0.4, -0.2) is 34.7 Å². The average Bonchev–Trinajstić information content (AvgIpc) is 2.71. The van der Waals surface area contributed by atoms with Crippen molar-refractivity contribution < 1.29 is 14.3 Å². The van der Waals surface area contributed by atoms with Crippen LogP contribution in [0.4, 0.5) is 11.4 Å². The fourth-order valence-electron chi connectivity index (χ4n) is 3.84. The quantitative estimate of drug-likeness (QED) is 0.663. The molecule has 2 aromatic heterocycles. The highest BCUT2D eigenvalue weighted by Gasteiger charge is 2.29. The summed E-state index contributed by atoms with van der Waals surface area (Å²) in [6.45, 7) is 5.59. The van der Waals surface area contributed by atoms with Crippen molar-refractivity contribution in [3.8, 4) is 5.88 Å². The van der Waals surface area contributed by atoms with Gasteiger partial charge in [-0.2, -0.15) is 0 Å². The number of pyridine rings is 2. The number of ether oxygens (including phenoxy) is 2. The van der Waals surface area contributed by atoms with Crippen molar-refractivity contribution in [2.24, 2.45) is 5.92 Å². The molecule has 7 nitrogen and oxygen atoms in total. The number of benzene rings is 1. The number of fused-ring (bicyclic) bond motifs is 1. The number of nitrogen functional groups attached to an aromatic ring is 1. The zero-order valence-electron chi connectivity index (χ0n) is 17.2. The highest BCUT2D eigenvalue weighted by atomic mass is 16.5. The first kappa shape index (κ1) is 20.1. The SMILES string of the molecule is CC1(C)CC(COc2nccc3cc(NC(=O)c4ncccc4N)ccc23)CCO1. The third-order valence-electron chi connectivity index (χ3n) is 5.29. The number of nitrogens with zero attached hydrogens (tertiary/aromatic N) is 2. The van der Waals surface area contributed by atoms with Gasteiger partial charge in [0.25, 0.3) is 5.91 Å². The molecule has 0 radical (unpaired) electrons. The molecule has 1 aliphatic rings. The first-order valence-corrected chi connectivity index (χ1v) is 10.1. The average molecular weight is 406 g/mol. The summed E-state index contributed by atoms with van der Waals surface area (Å²) in [6, 6.07) is 10.9. The van der Waals surface area contributed by atoms with Gasteiger partial charge < -0.3 is 20.5 Å². The first-order valence-electron chi connectivity index (χ1n) is 10.1. The number of nitrogens with two attached hydrogens (primary N) is 1. The zero-order valence-corrected chi connectivity index (χ0v) is 17.2. The monoisotopic (exact) mass is 406 g/mol. The maximum Gasteiger partial charge on any atom is 0.276 e. The Balaban J connectivity index is 1.48. The van der Waals surface area contributed by atoms with E-state index in [2.05, 4.69) is 29.1 Å². The first-order chi connectivity index (χ1) is 14.4. The summed E-state index contributed by atoms with van der Waals surface area (Å²) in [4.78, 5) is 20.9. The van der Waals surface area contributed by atoms with Crippen molar-refractivity contribution >= 4 is 28.1 Å². The van der Waals surface area contributed by atoms with E-state index < -0.39 is 0 Å². The standard InChI is InChI=1S/C23H26N4O3/c1-23(2)13-15(8-11-30-23)14-29-22-18-6-5-17(12-16(18)7-10-26-22)27-21(28)20-19(24)4-3-9-25-20/h3-7,9-10,12,15H,8,11,13-14,24H2,1-2H3,(H,27,28). The molecule has 1 atom stereocenters. The topological polar surface area (TPSA) is 99.4 Å². The number of aromatic nitrogens is 2. The molecule has 1 amide bonds. The fraction of sp³-hybridized carbons (Fsp3) is 0.348. The largest absolute Gasteiger partial charge is 0.477 e. The minimum absolute atomic E-state index is 0.109. The van der Waals surface area contributed by atoms with E-state index in [-0.39, 0.29) is 17.2 Å². The summed E-state index contributed by atoms with van der Waals surface area (Å²) in [5, 5.41) is 4.68. The van der Waals surface area contributed by atoms with Gasteiger partial charge in [-0.1, -0.05) is 0 Å². The van der Waals surface area contributed by atoms with E-state index in [0.29, 0.717) is 29.8 Å². The normalized spacial score (nSPS) is 18.1. The van der Waals surface area contributed by atoms with Crippen molar-refractivity contribution in [2.45, 2.75) is 32.3 Å². The lowest BCUT2D eigenvalue weighted by molar-refractivity contribution is -0.0786. The molecule has 1 unspecified atom stereocenters. The van der Waals surface area contributed by atoms with Gasteiger partial charge in [0.15, 0.2) is 5.69 Å². The van der Waals surface area contributed by atoms with Crippen LogP contribution in [0.1, 0.15) is 37.2 Å². The summed E-state index contributed by atoms with van der Waals surface area (Å²) in [5.41, 5.74) is 6.93. The second-order valence-electron chi connectivity index (χ2n) is 8.23. The van der Waals surface area contributed by atoms with Crippen LogP contribution in [0.3, 0.4) is 0 Å². The molecule has 3 N–H and O–H groups in total. The van der Waals surface area contributed by atoms with Crippen LogP contribution in [0.25, 0.3) is 10.8 Å². The third kappa shape index (κ3) is 4.52. The van der Waals surface area contributed by atoms with Gasteiger partial charge in [-0.15, -0.1) is 0 Å². The molecule has 30 heavy (non-hydrogen) atoms. The predicted octanol–water partition coefficient (Wildman–Crippen LogP) is 4.05. The van der Waals surface area contributed by atoms with Gasteiger partial charge in [-0.05, 0) is 74.4 Å². The Bertz CT molecular complexity index is 1070. The van der Waals surface area contributed by atoms with Crippen molar-refractivity contribution in [3.63, 3.8) is 0 Å². The summed E-state index contributed by atoms with van der Waals surface area (Å²) in [5.74, 6) is 0.692. The number of rotatable bonds is 5. The molecule has 0 saturated carbocycles. The van der Waals surface area contributed by atoms with E-state index in [1.807, 2.05) is 24.3 Å². The summed E-state index contributed by atoms with van der Waals surface area (Å²) in [6.07, 6.45) is 5.21. The highest BCUT2D eigenvalue weighted by Crippen LogP contribution is 2.31. The molecule has 3 heterocycles. The molecule has 3 aromatic rings. The van der Waals surface area contributed by atoms with Crippen LogP contribution < -0.4 is 15.8 Å². The number of carbonyl (C=O) groups excluding carboxylic acids is 1. The van der Waals surface area contributed by atoms with Crippen LogP contribution in [0.5, 0.6) is 5.88 Å². The highest BCUT2D eigenvalue weighted by molar-refractivity contribution is 6.07. The Hall–Kier alpha value is -3.19. The number of carbonyl (C=O) groups is 1. The summed E-state index contributed by atoms with van der Waals surface area (Å²) >= 11 is 0. The maximum atomic E-state index is 12.5. The minimum Gasteiger partial charge on any atom is -0.477 e. The second-order valence-corrected chi connectivity index (χ2v) is 8.23. The van der Waals surface area contributed by atoms with E-state index in [0.717, 1.165) is 30.2 Å². The number of nitrogens with one attached hydrogen (secondary N) is 1. The Morgan fingerprint density at radius 1 is 1.27 bits per heavy atom. The second kappa shape index (κ2) is 8.28. The molecular formula is C23H26N4O3. The predicted molar refractivity (Wildman–Crippen MR) is 117 cm³/mol. The van der Waals surface area contributed by atoms with E-state index in [4.69, 9.17) is 15.2 Å². The molecular weight excluding hydrogens is 380 g/mol. The molecule has 0 aliphatic carbocycles. The molecule has 0 spiro atoms. The molecule has 156 valence electrons. The van der Waals surface area contributed by atoms with E-state index >= 15 is 0 Å². The molecule has 4 rings (SSSR count). The van der Waals surface area contributed by atoms with Gasteiger partial charge in [-0.3, -0.25) is 4.79 Å². The van der Waals surface area contributed by atoms with Crippen LogP contribution in [0.15, 0.2) is 48.8 Å². The fourth-order valence-corrected chi connectivity index (χ4v) is 3.84. The number of amides is 1. The van der Waals surface area contributed by atoms with Crippen molar-refractivity contribution in [2.75, 3.05) is 24.3 Å². The van der Waals surface area contributed by atoms with Gasteiger partial charge in [0.2, 0.25) is 5.88 Å². The van der Waals surface area contributed by atoms with Gasteiger partial charge >= 0.3 is 0 Å². The summed E-state index contributed by atoms with van der Waals surface area (Å²) < 4.78 is 11.9. The molecule has 1 saturated heterocycles. The zero-order chi connectivity index (χ0) is 21.1. The molecule has 7 heteroatoms. The Kier molecular flexibility index (Phi) is 5.55. The maximum absolute atomic E-state index is 12.5. The number of hydrogen-bond donors (Lipinski definition) is 2. The van der Waals surface area contributed by atoms with Crippen LogP contribution in [0.2, 0.25) is 0 Å². The van der Waals surface area contributed by atoms with Crippen LogP contribution in [0, 0.1) is 5.92 Å². The lowest BCUT2D eigenvalue weighted by atomic mass is 9.89. The molecule has 0 bridgehead atoms. The van der Waals surface area contributed by atoms with Crippen molar-refractivity contribution in [1.29, 1.82) is 0 Å². The van der Waals surface area contributed by atoms with Gasteiger partial charge in [-0.25, -0.2) is 9.97 Å². The molecule has 1 aliphatic heterocycles. The van der Waals surface area contributed by atoms with Crippen molar-refractivity contribution in [3.05, 3.63) is 54.5 Å². The smallest absolute Gasteiger partial charge is 0.276 e. The van der Waals surface area contributed by atoms with Crippen LogP contribution in [-0.2, 0) is 4.74 Å². The van der Waals surface area contributed by atoms with Crippen LogP contribution >= 0.6 is 0 Å². The Morgan fingerprint density at radius 2 is 2.13 bits per heavy atom. The molecule has 1 fully saturated rings. The molecule has 1 aromatic carbocycles. The summed E-state index contributed by atoms with van der Waals surface area (Å²) in [7, 11) is 0. The number of anilines is 2. The number of hydrogen-bond acceptors (Lipinski definition) is 6. The van der Waals surface area contributed by atoms with E-state index in [9.17, 15) is 4.79 Å². The van der Waals surface area contributed by atoms with Gasteiger partial charge in [0, 0.05) is 30.1 Å². The lowest BCUT2D eigenvalue weighted by Gasteiger charge is -2.35. The Labute approximate surface area is 175 Å². The van der Waals surface area contributed by atoms with Crippen molar-refractivity contribution in [1.82, 2.24) is 9.97 Å². The lowest BCUT2D eigenvalue weighted by Crippen LogP contribution is -2.36. The van der Waals surface area contributed by atoms with Gasteiger partial charge in [0.05, 0.1) is 17.9 Å². The minimum atomic E-state index is -0.347. The van der Waals surface area contributed by atoms with E-state index in [1.165, 1.54) is 0 Å². The van der Waals surface area contributed by atoms with E-state index in [1.54, 1.807) is 24.5 Å². The third-order valence-corrected chi connectivity index (χ3v) is 5.29. The Morgan fingerprint density at radius 3 is 2.93 bits per heavy atom.